The van der Waals surface area contributed by atoms with Gasteiger partial charge in [-0.25, -0.2) is 0 Å². The molecule has 2 unspecified atom stereocenters. The molecule has 58 heavy (non-hydrogen) atoms. The van der Waals surface area contributed by atoms with Gasteiger partial charge in [0.25, 0.3) is 0 Å². The molecule has 0 aliphatic carbocycles. The Hall–Kier alpha value is -3.34. The number of hydrogen-bond acceptors (Lipinski definition) is 15. The molecule has 0 aromatic carbocycles. The number of carbonyl (C=O) groups excluding carboxylic acids is 6. The van der Waals surface area contributed by atoms with E-state index in [9.17, 15) is 49.2 Å². The Balaban J connectivity index is 6.20. The van der Waals surface area contributed by atoms with Crippen LogP contribution in [0.15, 0.2) is 0 Å². The fourth-order valence-electron chi connectivity index (χ4n) is 7.11. The number of hydrogen-bond donors (Lipinski definition) is 5. The number of unbranched alkanes of at least 4 members (excludes halogenated alkanes) is 2. The van der Waals surface area contributed by atoms with E-state index in [1.54, 1.807) is 6.92 Å². The van der Waals surface area contributed by atoms with Gasteiger partial charge in [0.15, 0.2) is 0 Å². The van der Waals surface area contributed by atoms with Crippen LogP contribution < -0.4 is 5.32 Å². The summed E-state index contributed by atoms with van der Waals surface area (Å²) in [6.45, 7) is 11.7. The molecule has 338 valence electrons. The molecule has 0 spiro atoms. The smallest absolute Gasteiger partial charge is 0.306 e. The van der Waals surface area contributed by atoms with Gasteiger partial charge in [0.05, 0.1) is 18.9 Å². The van der Waals surface area contributed by atoms with Crippen LogP contribution in [0.2, 0.25) is 0 Å². The number of ether oxygens (including phenoxy) is 5. The van der Waals surface area contributed by atoms with Crippen LogP contribution in [0, 0.1) is 23.7 Å². The molecule has 0 saturated heterocycles. The van der Waals surface area contributed by atoms with Crippen molar-refractivity contribution in [3.63, 3.8) is 0 Å². The first-order valence-electron chi connectivity index (χ1n) is 21.0. The van der Waals surface area contributed by atoms with Crippen LogP contribution in [0.1, 0.15) is 145 Å². The summed E-state index contributed by atoms with van der Waals surface area (Å²) in [5, 5.41) is 41.0. The maximum Gasteiger partial charge on any atom is 0.306 e. The SMILES string of the molecule is CCCC[C@@H](C)[C@H](OC(=O)CC(CO)CCO)[C@H](C[C@@H](C)C[C@H](CCCC[C@H](C[C@H](OC(C)=O)[C@H](C)NC(C)=O)OC(C)=O)OC(C)=O)OC(=O)CC(CO)CCO. The van der Waals surface area contributed by atoms with E-state index < -0.39 is 78.2 Å². The van der Waals surface area contributed by atoms with Crippen LogP contribution in [-0.4, -0.2) is 119 Å². The van der Waals surface area contributed by atoms with E-state index in [0.717, 1.165) is 12.8 Å². The molecule has 0 aliphatic rings. The lowest BCUT2D eigenvalue weighted by atomic mass is 9.87. The lowest BCUT2D eigenvalue weighted by Gasteiger charge is -2.34. The minimum atomic E-state index is -0.912. The molecule has 0 rings (SSSR count). The van der Waals surface area contributed by atoms with E-state index in [4.69, 9.17) is 23.7 Å². The molecule has 0 heterocycles. The minimum absolute atomic E-state index is 0.140. The van der Waals surface area contributed by atoms with Crippen molar-refractivity contribution in [2.75, 3.05) is 26.4 Å². The number of aliphatic hydroxyl groups is 4. The van der Waals surface area contributed by atoms with Crippen LogP contribution in [0.3, 0.4) is 0 Å². The molecule has 16 nitrogen and oxygen atoms in total. The zero-order valence-electron chi connectivity index (χ0n) is 36.3. The molecule has 1 amide bonds. The average molecular weight is 834 g/mol. The highest BCUT2D eigenvalue weighted by Gasteiger charge is 2.36. The van der Waals surface area contributed by atoms with Gasteiger partial charge in [0, 0.05) is 60.5 Å². The Labute approximate surface area is 345 Å². The lowest BCUT2D eigenvalue weighted by Crippen LogP contribution is -2.44. The Morgan fingerprint density at radius 1 is 0.552 bits per heavy atom. The number of esters is 5. The third-order valence-electron chi connectivity index (χ3n) is 10.1. The monoisotopic (exact) mass is 834 g/mol. The van der Waals surface area contributed by atoms with Crippen molar-refractivity contribution in [1.82, 2.24) is 5.32 Å². The minimum Gasteiger partial charge on any atom is -0.463 e. The molecule has 0 bridgehead atoms. The van der Waals surface area contributed by atoms with Crippen molar-refractivity contribution in [3.05, 3.63) is 0 Å². The van der Waals surface area contributed by atoms with Gasteiger partial charge in [0.2, 0.25) is 5.91 Å². The van der Waals surface area contributed by atoms with E-state index in [1.807, 2.05) is 20.8 Å². The van der Waals surface area contributed by atoms with Crippen LogP contribution in [0.5, 0.6) is 0 Å². The van der Waals surface area contributed by atoms with Crippen LogP contribution in [0.25, 0.3) is 0 Å². The maximum absolute atomic E-state index is 13.3. The molecule has 0 aromatic heterocycles. The summed E-state index contributed by atoms with van der Waals surface area (Å²) < 4.78 is 28.8. The van der Waals surface area contributed by atoms with Crippen LogP contribution >= 0.6 is 0 Å². The first-order valence-corrected chi connectivity index (χ1v) is 21.0. The van der Waals surface area contributed by atoms with Crippen LogP contribution in [0.4, 0.5) is 0 Å². The Morgan fingerprint density at radius 2 is 1.03 bits per heavy atom. The Morgan fingerprint density at radius 3 is 1.47 bits per heavy atom. The fourth-order valence-corrected chi connectivity index (χ4v) is 7.11. The Kier molecular flexibility index (Phi) is 29.7. The average Bonchev–Trinajstić information content (AvgIpc) is 3.12. The van der Waals surface area contributed by atoms with Crippen molar-refractivity contribution in [1.29, 1.82) is 0 Å². The lowest BCUT2D eigenvalue weighted by molar-refractivity contribution is -0.176. The molecule has 0 radical (unpaired) electrons. The van der Waals surface area contributed by atoms with Gasteiger partial charge in [-0.15, -0.1) is 0 Å². The van der Waals surface area contributed by atoms with E-state index >= 15 is 0 Å². The van der Waals surface area contributed by atoms with Gasteiger partial charge >= 0.3 is 29.8 Å². The van der Waals surface area contributed by atoms with Gasteiger partial charge in [-0.05, 0) is 88.4 Å². The largest absolute Gasteiger partial charge is 0.463 e. The van der Waals surface area contributed by atoms with Gasteiger partial charge in [-0.3, -0.25) is 28.8 Å². The van der Waals surface area contributed by atoms with Gasteiger partial charge in [-0.2, -0.15) is 0 Å². The molecule has 0 aliphatic heterocycles. The van der Waals surface area contributed by atoms with Gasteiger partial charge in [-0.1, -0.05) is 33.6 Å². The molecule has 16 heteroatoms. The number of carbonyl (C=O) groups is 6. The highest BCUT2D eigenvalue weighted by Crippen LogP contribution is 2.29. The van der Waals surface area contributed by atoms with E-state index in [2.05, 4.69) is 5.32 Å². The summed E-state index contributed by atoms with van der Waals surface area (Å²) in [6.07, 6.45) is 1.57. The zero-order chi connectivity index (χ0) is 44.2. The van der Waals surface area contributed by atoms with Crippen molar-refractivity contribution in [3.8, 4) is 0 Å². The number of aliphatic hydroxyl groups excluding tert-OH is 4. The second-order valence-electron chi connectivity index (χ2n) is 15.8. The number of rotatable bonds is 33. The topological polar surface area (TPSA) is 242 Å². The summed E-state index contributed by atoms with van der Waals surface area (Å²) in [4.78, 5) is 74.3. The Bertz CT molecular complexity index is 1200. The predicted molar refractivity (Wildman–Crippen MR) is 214 cm³/mol. The highest BCUT2D eigenvalue weighted by atomic mass is 16.6. The van der Waals surface area contributed by atoms with E-state index in [1.165, 1.54) is 27.7 Å². The van der Waals surface area contributed by atoms with Crippen molar-refractivity contribution < 1.29 is 72.9 Å². The third kappa shape index (κ3) is 25.9. The number of nitrogens with one attached hydrogen (secondary N) is 1. The maximum atomic E-state index is 13.3. The first-order chi connectivity index (χ1) is 27.4. The van der Waals surface area contributed by atoms with E-state index in [-0.39, 0.29) is 82.7 Å². The van der Waals surface area contributed by atoms with Gasteiger partial charge < -0.3 is 49.4 Å². The second kappa shape index (κ2) is 31.6. The summed E-state index contributed by atoms with van der Waals surface area (Å²) in [6, 6.07) is -0.532. The molecule has 0 fully saturated rings. The fraction of sp³-hybridized carbons (Fsp3) is 0.857. The third-order valence-corrected chi connectivity index (χ3v) is 10.1. The number of amides is 1. The van der Waals surface area contributed by atoms with Crippen molar-refractivity contribution >= 4 is 35.8 Å². The zero-order valence-corrected chi connectivity index (χ0v) is 36.3. The summed E-state index contributed by atoms with van der Waals surface area (Å²) >= 11 is 0. The molecule has 0 saturated carbocycles. The molecule has 0 aromatic rings. The standard InChI is InChI=1S/C42H75NO15/c1-9-10-13-28(3)42(58-41(53)23-35(26-47)17-19-45)39(57-40(52)22-34(25-46)16-18-44)21-27(2)20-36(54-31(6)49)14-11-12-15-37(55-32(7)50)24-38(56-33(8)51)29(4)43-30(5)48/h27-29,34-39,42,44-47H,9-26H2,1-8H3,(H,43,48)/t27-,28+,29-,34?,35?,36-,37+,38-,39-,42-/m0/s1. The van der Waals surface area contributed by atoms with Crippen molar-refractivity contribution in [2.24, 2.45) is 23.7 Å². The predicted octanol–water partition coefficient (Wildman–Crippen LogP) is 4.08. The molecular formula is C42H75NO15. The summed E-state index contributed by atoms with van der Waals surface area (Å²) in [5.74, 6) is -4.54. The summed E-state index contributed by atoms with van der Waals surface area (Å²) in [5.41, 5.74) is 0. The van der Waals surface area contributed by atoms with Gasteiger partial charge in [0.1, 0.15) is 30.5 Å². The summed E-state index contributed by atoms with van der Waals surface area (Å²) in [7, 11) is 0. The quantitative estimate of drug-likeness (QED) is 0.0356. The highest BCUT2D eigenvalue weighted by molar-refractivity contribution is 5.73. The first kappa shape index (κ1) is 54.7. The second-order valence-corrected chi connectivity index (χ2v) is 15.8. The van der Waals surface area contributed by atoms with Crippen LogP contribution in [-0.2, 0) is 52.5 Å². The molecule has 10 atom stereocenters. The van der Waals surface area contributed by atoms with Crippen molar-refractivity contribution in [2.45, 2.75) is 182 Å². The van der Waals surface area contributed by atoms with E-state index in [0.29, 0.717) is 38.5 Å². The molecule has 5 N–H and O–H groups in total. The molecular weight excluding hydrogens is 758 g/mol. The normalized spacial score (nSPS) is 16.6.